The van der Waals surface area contributed by atoms with Gasteiger partial charge in [-0.3, -0.25) is 10.2 Å². The minimum absolute atomic E-state index is 0.128. The largest absolute Gasteiger partial charge is 0.508 e. The maximum absolute atomic E-state index is 12.5. The van der Waals surface area contributed by atoms with Crippen LogP contribution in [0.4, 0.5) is 0 Å². The number of ketones is 1. The van der Waals surface area contributed by atoms with Crippen LogP contribution >= 0.6 is 23.1 Å². The molecule has 22 heavy (non-hydrogen) atoms. The average Bonchev–Trinajstić information content (AvgIpc) is 3.04. The van der Waals surface area contributed by atoms with E-state index in [4.69, 9.17) is 5.41 Å². The SMILES string of the molecule is CCc1nnc([C@H]2C(=N)S/C(=C\c3cccc(O)c3)C2=O)s1. The Labute approximate surface area is 135 Å². The van der Waals surface area contributed by atoms with Gasteiger partial charge < -0.3 is 5.11 Å². The number of carbonyl (C=O) groups is 1. The predicted molar refractivity (Wildman–Crippen MR) is 88.4 cm³/mol. The predicted octanol–water partition coefficient (Wildman–Crippen LogP) is 3.22. The molecule has 1 fully saturated rings. The van der Waals surface area contributed by atoms with Gasteiger partial charge in [0.1, 0.15) is 21.7 Å². The number of thioether (sulfide) groups is 1. The van der Waals surface area contributed by atoms with E-state index in [0.29, 0.717) is 9.91 Å². The monoisotopic (exact) mass is 331 g/mol. The summed E-state index contributed by atoms with van der Waals surface area (Å²) in [7, 11) is 0. The molecule has 1 saturated heterocycles. The number of hydrogen-bond donors (Lipinski definition) is 2. The Morgan fingerprint density at radius 1 is 1.41 bits per heavy atom. The second-order valence-corrected chi connectivity index (χ2v) is 6.93. The lowest BCUT2D eigenvalue weighted by atomic mass is 10.1. The van der Waals surface area contributed by atoms with E-state index >= 15 is 0 Å². The van der Waals surface area contributed by atoms with E-state index in [-0.39, 0.29) is 16.6 Å². The van der Waals surface area contributed by atoms with Gasteiger partial charge >= 0.3 is 0 Å². The smallest absolute Gasteiger partial charge is 0.186 e. The molecule has 1 aliphatic heterocycles. The lowest BCUT2D eigenvalue weighted by molar-refractivity contribution is -0.114. The van der Waals surface area contributed by atoms with Crippen molar-refractivity contribution in [2.24, 2.45) is 0 Å². The molecule has 2 heterocycles. The van der Waals surface area contributed by atoms with Crippen LogP contribution in [0, 0.1) is 5.41 Å². The Kier molecular flexibility index (Phi) is 4.08. The number of hydrogen-bond acceptors (Lipinski definition) is 7. The van der Waals surface area contributed by atoms with E-state index in [1.54, 1.807) is 30.3 Å². The molecule has 0 unspecified atom stereocenters. The van der Waals surface area contributed by atoms with Gasteiger partial charge in [0.15, 0.2) is 5.78 Å². The van der Waals surface area contributed by atoms with Crippen LogP contribution in [0.5, 0.6) is 5.75 Å². The molecule has 0 saturated carbocycles. The van der Waals surface area contributed by atoms with Crippen LogP contribution in [0.2, 0.25) is 0 Å². The molecule has 0 spiro atoms. The molecule has 1 aliphatic rings. The summed E-state index contributed by atoms with van der Waals surface area (Å²) in [5, 5.41) is 27.4. The Hall–Kier alpha value is -1.99. The number of aromatic hydroxyl groups is 1. The van der Waals surface area contributed by atoms with Crippen LogP contribution in [0.3, 0.4) is 0 Å². The molecule has 0 radical (unpaired) electrons. The summed E-state index contributed by atoms with van der Waals surface area (Å²) in [6.45, 7) is 1.98. The molecule has 112 valence electrons. The minimum atomic E-state index is -0.633. The molecule has 5 nitrogen and oxygen atoms in total. The van der Waals surface area contributed by atoms with E-state index in [2.05, 4.69) is 10.2 Å². The van der Waals surface area contributed by atoms with Crippen LogP contribution in [0.15, 0.2) is 29.2 Å². The molecule has 2 N–H and O–H groups in total. The molecule has 7 heteroatoms. The highest BCUT2D eigenvalue weighted by Crippen LogP contribution is 2.41. The molecule has 3 rings (SSSR count). The van der Waals surface area contributed by atoms with Crippen molar-refractivity contribution in [3.05, 3.63) is 44.7 Å². The Morgan fingerprint density at radius 3 is 2.91 bits per heavy atom. The van der Waals surface area contributed by atoms with E-state index in [1.807, 2.05) is 6.92 Å². The molecular formula is C15H13N3O2S2. The van der Waals surface area contributed by atoms with Crippen molar-refractivity contribution in [3.63, 3.8) is 0 Å². The highest BCUT2D eigenvalue weighted by atomic mass is 32.2. The number of phenols is 1. The summed E-state index contributed by atoms with van der Waals surface area (Å²) in [5.41, 5.74) is 0.732. The number of aryl methyl sites for hydroxylation is 1. The fraction of sp³-hybridized carbons (Fsp3) is 0.200. The topological polar surface area (TPSA) is 86.9 Å². The Morgan fingerprint density at radius 2 is 2.23 bits per heavy atom. The Balaban J connectivity index is 1.91. The zero-order chi connectivity index (χ0) is 15.7. The van der Waals surface area contributed by atoms with Gasteiger partial charge in [-0.15, -0.1) is 21.5 Å². The molecular weight excluding hydrogens is 318 g/mol. The number of allylic oxidation sites excluding steroid dienone is 1. The summed E-state index contributed by atoms with van der Waals surface area (Å²) in [6.07, 6.45) is 2.47. The minimum Gasteiger partial charge on any atom is -0.508 e. The van der Waals surface area contributed by atoms with E-state index in [0.717, 1.165) is 28.8 Å². The Bertz CT molecular complexity index is 783. The van der Waals surface area contributed by atoms with Crippen LogP contribution < -0.4 is 0 Å². The molecule has 0 aliphatic carbocycles. The van der Waals surface area contributed by atoms with Gasteiger partial charge in [0.2, 0.25) is 0 Å². The summed E-state index contributed by atoms with van der Waals surface area (Å²) >= 11 is 2.53. The maximum Gasteiger partial charge on any atom is 0.186 e. The van der Waals surface area contributed by atoms with Gasteiger partial charge in [-0.25, -0.2) is 0 Å². The molecule has 0 amide bonds. The second kappa shape index (κ2) is 6.02. The first-order chi connectivity index (χ1) is 10.6. The fourth-order valence-electron chi connectivity index (χ4n) is 2.11. The zero-order valence-electron chi connectivity index (χ0n) is 11.7. The quantitative estimate of drug-likeness (QED) is 0.843. The first-order valence-electron chi connectivity index (χ1n) is 6.72. The van der Waals surface area contributed by atoms with Crippen molar-refractivity contribution in [2.45, 2.75) is 19.3 Å². The van der Waals surface area contributed by atoms with Crippen molar-refractivity contribution in [3.8, 4) is 5.75 Å². The van der Waals surface area contributed by atoms with Gasteiger partial charge in [-0.1, -0.05) is 30.8 Å². The van der Waals surface area contributed by atoms with Crippen molar-refractivity contribution >= 4 is 40.0 Å². The summed E-state index contributed by atoms with van der Waals surface area (Å²) < 4.78 is 0. The summed E-state index contributed by atoms with van der Waals surface area (Å²) in [6, 6.07) is 6.67. The number of nitrogens with zero attached hydrogens (tertiary/aromatic N) is 2. The van der Waals surface area contributed by atoms with Crippen molar-refractivity contribution < 1.29 is 9.90 Å². The van der Waals surface area contributed by atoms with Gasteiger partial charge in [0.05, 0.1) is 9.95 Å². The van der Waals surface area contributed by atoms with E-state index in [9.17, 15) is 9.90 Å². The molecule has 0 bridgehead atoms. The number of phenolic OH excluding ortho intramolecular Hbond substituents is 1. The van der Waals surface area contributed by atoms with Crippen molar-refractivity contribution in [1.29, 1.82) is 5.41 Å². The highest BCUT2D eigenvalue weighted by molar-refractivity contribution is 8.19. The average molecular weight is 331 g/mol. The van der Waals surface area contributed by atoms with E-state index in [1.165, 1.54) is 11.3 Å². The number of rotatable bonds is 3. The van der Waals surface area contributed by atoms with Gasteiger partial charge in [0, 0.05) is 0 Å². The third kappa shape index (κ3) is 2.82. The highest BCUT2D eigenvalue weighted by Gasteiger charge is 2.39. The number of nitrogens with one attached hydrogen (secondary N) is 1. The van der Waals surface area contributed by atoms with Gasteiger partial charge in [0.25, 0.3) is 0 Å². The second-order valence-electron chi connectivity index (χ2n) is 4.75. The van der Waals surface area contributed by atoms with Crippen molar-refractivity contribution in [1.82, 2.24) is 10.2 Å². The fourth-order valence-corrected chi connectivity index (χ4v) is 4.06. The lowest BCUT2D eigenvalue weighted by Crippen LogP contribution is -2.11. The standard InChI is InChI=1S/C15H13N3O2S2/c1-2-11-17-18-15(22-11)12-13(20)10(21-14(12)16)7-8-4-3-5-9(19)6-8/h3-7,12,16,19H,2H2,1H3/b10-7-,16-14?/t12-/m1/s1. The molecule has 2 aromatic rings. The normalized spacial score (nSPS) is 20.0. The zero-order valence-corrected chi connectivity index (χ0v) is 13.4. The lowest BCUT2D eigenvalue weighted by Gasteiger charge is -2.00. The van der Waals surface area contributed by atoms with Gasteiger partial charge in [-0.05, 0) is 30.2 Å². The number of aromatic nitrogens is 2. The van der Waals surface area contributed by atoms with Gasteiger partial charge in [-0.2, -0.15) is 0 Å². The number of benzene rings is 1. The summed E-state index contributed by atoms with van der Waals surface area (Å²) in [5.74, 6) is -0.614. The number of carbonyl (C=O) groups excluding carboxylic acids is 1. The van der Waals surface area contributed by atoms with Crippen LogP contribution in [-0.4, -0.2) is 26.1 Å². The number of Topliss-reactive ketones (excluding diaryl/α,β-unsaturated/α-hetero) is 1. The first-order valence-corrected chi connectivity index (χ1v) is 8.35. The first kappa shape index (κ1) is 14.9. The third-order valence-corrected chi connectivity index (χ3v) is 5.31. The third-order valence-electron chi connectivity index (χ3n) is 3.19. The van der Waals surface area contributed by atoms with E-state index < -0.39 is 5.92 Å². The molecule has 1 aromatic heterocycles. The summed E-state index contributed by atoms with van der Waals surface area (Å²) in [4.78, 5) is 13.0. The van der Waals surface area contributed by atoms with Crippen LogP contribution in [0.1, 0.15) is 28.4 Å². The van der Waals surface area contributed by atoms with Crippen LogP contribution in [-0.2, 0) is 11.2 Å². The maximum atomic E-state index is 12.5. The molecule has 1 atom stereocenters. The van der Waals surface area contributed by atoms with Crippen LogP contribution in [0.25, 0.3) is 6.08 Å². The van der Waals surface area contributed by atoms with Crippen molar-refractivity contribution in [2.75, 3.05) is 0 Å². The molecule has 1 aromatic carbocycles.